The van der Waals surface area contributed by atoms with E-state index in [0.717, 1.165) is 42.5 Å². The monoisotopic (exact) mass is 579 g/mol. The fourth-order valence-electron chi connectivity index (χ4n) is 5.20. The van der Waals surface area contributed by atoms with Crippen LogP contribution in [0.25, 0.3) is 11.3 Å². The highest BCUT2D eigenvalue weighted by molar-refractivity contribution is 7.92. The summed E-state index contributed by atoms with van der Waals surface area (Å²) in [6.07, 6.45) is 2.46. The molecule has 1 atom stereocenters. The van der Waals surface area contributed by atoms with Crippen molar-refractivity contribution in [1.82, 2.24) is 19.8 Å². The number of fused-ring (bicyclic) bond motifs is 4. The zero-order valence-electron chi connectivity index (χ0n) is 24.8. The molecule has 0 radical (unpaired) electrons. The predicted octanol–water partition coefficient (Wildman–Crippen LogP) is 5.15. The molecular weight excluding hydrogens is 538 g/mol. The maximum absolute atomic E-state index is 14.0. The second kappa shape index (κ2) is 13.0. The number of nitrogens with zero attached hydrogens (tertiary/aromatic N) is 4. The van der Waals surface area contributed by atoms with Crippen molar-refractivity contribution in [2.24, 2.45) is 5.92 Å². The summed E-state index contributed by atoms with van der Waals surface area (Å²) in [5, 5.41) is 0. The standard InChI is InChI=1S/C31H41N5O4S/c1-21(2)17-25-20-40-28-19-27(29-22(3)11-9-12-23(29)4)32-31(33-28)34-41(38,39)26-14-10-13-24(18-26)30(37)36(25)16-8-7-15-35(5)6/h9-14,18-19,21,25H,7-8,15-17,20H2,1-6H3,(H,32,33,34)/t25-/m1/s1. The first kappa shape index (κ1) is 30.5. The van der Waals surface area contributed by atoms with Crippen molar-refractivity contribution in [3.05, 3.63) is 65.2 Å². The van der Waals surface area contributed by atoms with Gasteiger partial charge in [-0.2, -0.15) is 4.98 Å². The highest BCUT2D eigenvalue weighted by Crippen LogP contribution is 2.30. The van der Waals surface area contributed by atoms with Gasteiger partial charge in [-0.3, -0.25) is 4.79 Å². The first-order valence-electron chi connectivity index (χ1n) is 14.1. The molecule has 4 bridgehead atoms. The SMILES string of the molecule is Cc1cccc(C)c1-c1cc2nc(n1)NS(=O)(=O)c1cccc(c1)C(=O)N(CCCCN(C)C)[C@H](CC(C)C)CO2. The van der Waals surface area contributed by atoms with Crippen LogP contribution in [0.1, 0.15) is 54.6 Å². The number of hydrogen-bond acceptors (Lipinski definition) is 7. The van der Waals surface area contributed by atoms with Crippen LogP contribution in [0.3, 0.4) is 0 Å². The maximum Gasteiger partial charge on any atom is 0.264 e. The van der Waals surface area contributed by atoms with Gasteiger partial charge in [0.25, 0.3) is 15.9 Å². The minimum atomic E-state index is -4.09. The molecule has 0 saturated carbocycles. The average Bonchev–Trinajstić information content (AvgIpc) is 2.90. The van der Waals surface area contributed by atoms with Gasteiger partial charge in [-0.25, -0.2) is 18.1 Å². The summed E-state index contributed by atoms with van der Waals surface area (Å²) in [7, 11) is -0.0282. The number of anilines is 1. The van der Waals surface area contributed by atoms with Crippen LogP contribution in [-0.2, 0) is 10.0 Å². The summed E-state index contributed by atoms with van der Waals surface area (Å²) in [6.45, 7) is 9.88. The van der Waals surface area contributed by atoms with E-state index in [4.69, 9.17) is 4.74 Å². The van der Waals surface area contributed by atoms with E-state index in [1.54, 1.807) is 18.2 Å². The molecule has 1 aliphatic heterocycles. The number of nitrogens with one attached hydrogen (secondary N) is 1. The van der Waals surface area contributed by atoms with Gasteiger partial charge in [-0.05, 0) is 89.0 Å². The predicted molar refractivity (Wildman–Crippen MR) is 162 cm³/mol. The molecule has 1 N–H and O–H groups in total. The zero-order valence-corrected chi connectivity index (χ0v) is 25.7. The van der Waals surface area contributed by atoms with Crippen molar-refractivity contribution in [1.29, 1.82) is 0 Å². The fraction of sp³-hybridized carbons (Fsp3) is 0.452. The quantitative estimate of drug-likeness (QED) is 0.368. The Morgan fingerprint density at radius 3 is 2.44 bits per heavy atom. The van der Waals surface area contributed by atoms with Crippen molar-refractivity contribution in [2.75, 3.05) is 38.5 Å². The average molecular weight is 580 g/mol. The summed E-state index contributed by atoms with van der Waals surface area (Å²) in [4.78, 5) is 26.9. The second-order valence-electron chi connectivity index (χ2n) is 11.4. The van der Waals surface area contributed by atoms with E-state index in [0.29, 0.717) is 23.7 Å². The van der Waals surface area contributed by atoms with Gasteiger partial charge in [-0.1, -0.05) is 38.1 Å². The van der Waals surface area contributed by atoms with Gasteiger partial charge in [0.05, 0.1) is 16.6 Å². The molecule has 0 aliphatic carbocycles. The number of rotatable bonds is 8. The number of benzene rings is 2. The van der Waals surface area contributed by atoms with Gasteiger partial charge in [0.1, 0.15) is 6.61 Å². The third kappa shape index (κ3) is 7.62. The van der Waals surface area contributed by atoms with Crippen LogP contribution >= 0.6 is 0 Å². The Kier molecular flexibility index (Phi) is 9.65. The highest BCUT2D eigenvalue weighted by Gasteiger charge is 2.29. The number of hydrogen-bond donors (Lipinski definition) is 1. The molecule has 1 aromatic heterocycles. The smallest absolute Gasteiger partial charge is 0.264 e. The highest BCUT2D eigenvalue weighted by atomic mass is 32.2. The van der Waals surface area contributed by atoms with Crippen LogP contribution in [0, 0.1) is 19.8 Å². The third-order valence-corrected chi connectivity index (χ3v) is 8.51. The molecule has 0 unspecified atom stereocenters. The normalized spacial score (nSPS) is 16.9. The van der Waals surface area contributed by atoms with Gasteiger partial charge in [0, 0.05) is 23.7 Å². The molecular formula is C31H41N5O4S. The van der Waals surface area contributed by atoms with Gasteiger partial charge < -0.3 is 14.5 Å². The van der Waals surface area contributed by atoms with Gasteiger partial charge in [-0.15, -0.1) is 0 Å². The lowest BCUT2D eigenvalue weighted by Gasteiger charge is -2.33. The van der Waals surface area contributed by atoms with Crippen LogP contribution < -0.4 is 9.46 Å². The summed E-state index contributed by atoms with van der Waals surface area (Å²) >= 11 is 0. The van der Waals surface area contributed by atoms with E-state index in [1.165, 1.54) is 12.1 Å². The maximum atomic E-state index is 14.0. The van der Waals surface area contributed by atoms with Crippen molar-refractivity contribution in [3.63, 3.8) is 0 Å². The molecule has 0 saturated heterocycles. The number of carbonyl (C=O) groups is 1. The van der Waals surface area contributed by atoms with Crippen LogP contribution in [0.4, 0.5) is 5.95 Å². The number of amides is 1. The summed E-state index contributed by atoms with van der Waals surface area (Å²) in [5.74, 6) is 0.248. The van der Waals surface area contributed by atoms with Crippen LogP contribution in [-0.4, -0.2) is 73.9 Å². The molecule has 10 heteroatoms. The number of unbranched alkanes of at least 4 members (excludes halogenated alkanes) is 1. The Labute approximate surface area is 244 Å². The summed E-state index contributed by atoms with van der Waals surface area (Å²) in [6, 6.07) is 13.6. The second-order valence-corrected chi connectivity index (χ2v) is 13.1. The minimum Gasteiger partial charge on any atom is -0.475 e. The van der Waals surface area contributed by atoms with Crippen molar-refractivity contribution < 1.29 is 17.9 Å². The van der Waals surface area contributed by atoms with E-state index in [9.17, 15) is 13.2 Å². The number of sulfonamides is 1. The van der Waals surface area contributed by atoms with E-state index < -0.39 is 10.0 Å². The Morgan fingerprint density at radius 2 is 1.76 bits per heavy atom. The molecule has 0 spiro atoms. The Balaban J connectivity index is 1.83. The van der Waals surface area contributed by atoms with Gasteiger partial charge >= 0.3 is 0 Å². The van der Waals surface area contributed by atoms with E-state index in [-0.39, 0.29) is 35.3 Å². The zero-order chi connectivity index (χ0) is 29.7. The number of aryl methyl sites for hydroxylation is 2. The lowest BCUT2D eigenvalue weighted by molar-refractivity contribution is 0.0569. The van der Waals surface area contributed by atoms with Gasteiger partial charge in [0.2, 0.25) is 11.8 Å². The van der Waals surface area contributed by atoms with E-state index in [2.05, 4.69) is 33.4 Å². The van der Waals surface area contributed by atoms with Crippen molar-refractivity contribution in [2.45, 2.75) is 57.9 Å². The molecule has 220 valence electrons. The summed E-state index contributed by atoms with van der Waals surface area (Å²) < 4.78 is 35.7. The van der Waals surface area contributed by atoms with Crippen LogP contribution in [0.5, 0.6) is 5.88 Å². The van der Waals surface area contributed by atoms with E-state index in [1.807, 2.05) is 51.0 Å². The van der Waals surface area contributed by atoms with Crippen molar-refractivity contribution >= 4 is 21.9 Å². The largest absolute Gasteiger partial charge is 0.475 e. The molecule has 2 aromatic carbocycles. The van der Waals surface area contributed by atoms with E-state index >= 15 is 0 Å². The fourth-order valence-corrected chi connectivity index (χ4v) is 6.19. The Morgan fingerprint density at radius 1 is 1.05 bits per heavy atom. The number of ether oxygens (including phenoxy) is 1. The molecule has 4 rings (SSSR count). The van der Waals surface area contributed by atoms with Crippen LogP contribution in [0.15, 0.2) is 53.4 Å². The number of aromatic nitrogens is 2. The topological polar surface area (TPSA) is 105 Å². The first-order valence-corrected chi connectivity index (χ1v) is 15.6. The molecule has 9 nitrogen and oxygen atoms in total. The molecule has 3 aromatic rings. The minimum absolute atomic E-state index is 0.0286. The molecule has 2 heterocycles. The van der Waals surface area contributed by atoms with Crippen LogP contribution in [0.2, 0.25) is 0 Å². The molecule has 0 fully saturated rings. The molecule has 1 amide bonds. The third-order valence-electron chi connectivity index (χ3n) is 7.18. The lowest BCUT2D eigenvalue weighted by atomic mass is 10.00. The first-order chi connectivity index (χ1) is 19.4. The number of carbonyl (C=O) groups excluding carboxylic acids is 1. The van der Waals surface area contributed by atoms with Crippen molar-refractivity contribution in [3.8, 4) is 17.1 Å². The molecule has 1 aliphatic rings. The van der Waals surface area contributed by atoms with Gasteiger partial charge in [0.15, 0.2) is 0 Å². The molecule has 41 heavy (non-hydrogen) atoms. The Hall–Kier alpha value is -3.50. The summed E-state index contributed by atoms with van der Waals surface area (Å²) in [5.41, 5.74) is 3.77. The lowest BCUT2D eigenvalue weighted by Crippen LogP contribution is -2.45. The Bertz CT molecular complexity index is 1470.